The zero-order valence-electron chi connectivity index (χ0n) is 15.8. The Morgan fingerprint density at radius 1 is 1.00 bits per heavy atom. The molecule has 0 aliphatic rings. The standard InChI is InChI=1S/C22H27NO4/c1-2-12-23(13-7-14-27-17-18-8-4-3-5-9-18)21(24)16-19-10-6-11-20(15-19)22(25)26/h3-6,8-11,15H,2,7,12-14,16-17H2,1H3,(H,25,26). The molecule has 0 aliphatic carbocycles. The number of ether oxygens (including phenoxy) is 1. The molecule has 0 unspecified atom stereocenters. The molecule has 5 heteroatoms. The average Bonchev–Trinajstić information content (AvgIpc) is 2.68. The van der Waals surface area contributed by atoms with Gasteiger partial charge in [-0.25, -0.2) is 4.79 Å². The Balaban J connectivity index is 1.80. The third kappa shape index (κ3) is 7.23. The van der Waals surface area contributed by atoms with Gasteiger partial charge < -0.3 is 14.7 Å². The Morgan fingerprint density at radius 3 is 2.44 bits per heavy atom. The molecule has 2 rings (SSSR count). The lowest BCUT2D eigenvalue weighted by Crippen LogP contribution is -2.34. The first-order valence-corrected chi connectivity index (χ1v) is 9.32. The van der Waals surface area contributed by atoms with Gasteiger partial charge in [0.1, 0.15) is 0 Å². The number of rotatable bonds is 11. The normalized spacial score (nSPS) is 10.6. The molecule has 2 aromatic rings. The van der Waals surface area contributed by atoms with Crippen LogP contribution in [0, 0.1) is 0 Å². The minimum absolute atomic E-state index is 0.0162. The summed E-state index contributed by atoms with van der Waals surface area (Å²) in [4.78, 5) is 25.5. The van der Waals surface area contributed by atoms with Gasteiger partial charge in [0.05, 0.1) is 18.6 Å². The maximum absolute atomic E-state index is 12.6. The summed E-state index contributed by atoms with van der Waals surface area (Å²) in [5.74, 6) is -0.965. The second-order valence-corrected chi connectivity index (χ2v) is 6.45. The van der Waals surface area contributed by atoms with E-state index in [0.717, 1.165) is 24.0 Å². The molecule has 0 bridgehead atoms. The van der Waals surface area contributed by atoms with Gasteiger partial charge in [-0.05, 0) is 36.1 Å². The van der Waals surface area contributed by atoms with Crippen molar-refractivity contribution in [2.45, 2.75) is 32.8 Å². The van der Waals surface area contributed by atoms with E-state index in [1.54, 1.807) is 18.2 Å². The summed E-state index contributed by atoms with van der Waals surface area (Å²) in [5.41, 5.74) is 2.07. The number of carboxylic acids is 1. The van der Waals surface area contributed by atoms with Gasteiger partial charge in [-0.1, -0.05) is 49.4 Å². The highest BCUT2D eigenvalue weighted by molar-refractivity contribution is 5.88. The summed E-state index contributed by atoms with van der Waals surface area (Å²) < 4.78 is 5.69. The highest BCUT2D eigenvalue weighted by Crippen LogP contribution is 2.09. The molecule has 0 fully saturated rings. The number of hydrogen-bond acceptors (Lipinski definition) is 3. The van der Waals surface area contributed by atoms with Crippen molar-refractivity contribution in [1.29, 1.82) is 0 Å². The van der Waals surface area contributed by atoms with Crippen LogP contribution in [0.3, 0.4) is 0 Å². The summed E-state index contributed by atoms with van der Waals surface area (Å²) in [6.07, 6.45) is 1.87. The van der Waals surface area contributed by atoms with Gasteiger partial charge in [-0.2, -0.15) is 0 Å². The molecule has 0 saturated heterocycles. The number of nitrogens with zero attached hydrogens (tertiary/aromatic N) is 1. The Kier molecular flexibility index (Phi) is 8.52. The maximum atomic E-state index is 12.6. The van der Waals surface area contributed by atoms with Crippen LogP contribution in [0.5, 0.6) is 0 Å². The van der Waals surface area contributed by atoms with Gasteiger partial charge in [0, 0.05) is 19.7 Å². The van der Waals surface area contributed by atoms with Crippen LogP contribution in [-0.4, -0.2) is 41.6 Å². The van der Waals surface area contributed by atoms with Crippen molar-refractivity contribution >= 4 is 11.9 Å². The summed E-state index contributed by atoms with van der Waals surface area (Å²) in [6.45, 7) is 4.54. The van der Waals surface area contributed by atoms with Gasteiger partial charge in [-0.15, -0.1) is 0 Å². The van der Waals surface area contributed by atoms with Crippen LogP contribution in [-0.2, 0) is 22.6 Å². The van der Waals surface area contributed by atoms with Crippen LogP contribution in [0.4, 0.5) is 0 Å². The minimum Gasteiger partial charge on any atom is -0.478 e. The monoisotopic (exact) mass is 369 g/mol. The fourth-order valence-electron chi connectivity index (χ4n) is 2.85. The van der Waals surface area contributed by atoms with Gasteiger partial charge >= 0.3 is 5.97 Å². The van der Waals surface area contributed by atoms with Crippen molar-refractivity contribution in [3.05, 3.63) is 71.3 Å². The van der Waals surface area contributed by atoms with Crippen molar-refractivity contribution in [2.75, 3.05) is 19.7 Å². The largest absolute Gasteiger partial charge is 0.478 e. The summed E-state index contributed by atoms with van der Waals surface area (Å²) in [6, 6.07) is 16.6. The molecule has 2 aromatic carbocycles. The molecule has 0 saturated carbocycles. The van der Waals surface area contributed by atoms with E-state index >= 15 is 0 Å². The SMILES string of the molecule is CCCN(CCCOCc1ccccc1)C(=O)Cc1cccc(C(=O)O)c1. The number of hydrogen-bond donors (Lipinski definition) is 1. The highest BCUT2D eigenvalue weighted by Gasteiger charge is 2.14. The van der Waals surface area contributed by atoms with Gasteiger partial charge in [-0.3, -0.25) is 4.79 Å². The highest BCUT2D eigenvalue weighted by atomic mass is 16.5. The smallest absolute Gasteiger partial charge is 0.335 e. The number of carbonyl (C=O) groups is 2. The van der Waals surface area contributed by atoms with E-state index in [0.29, 0.717) is 26.3 Å². The predicted molar refractivity (Wildman–Crippen MR) is 105 cm³/mol. The van der Waals surface area contributed by atoms with Gasteiger partial charge in [0.25, 0.3) is 0 Å². The lowest BCUT2D eigenvalue weighted by molar-refractivity contribution is -0.130. The molecule has 1 amide bonds. The topological polar surface area (TPSA) is 66.8 Å². The third-order valence-electron chi connectivity index (χ3n) is 4.20. The van der Waals surface area contributed by atoms with E-state index in [9.17, 15) is 9.59 Å². The predicted octanol–water partition coefficient (Wildman–Crippen LogP) is 3.77. The fourth-order valence-corrected chi connectivity index (χ4v) is 2.85. The first-order chi connectivity index (χ1) is 13.1. The molecule has 0 radical (unpaired) electrons. The second-order valence-electron chi connectivity index (χ2n) is 6.45. The van der Waals surface area contributed by atoms with Crippen molar-refractivity contribution in [3.63, 3.8) is 0 Å². The van der Waals surface area contributed by atoms with Crippen molar-refractivity contribution in [2.24, 2.45) is 0 Å². The van der Waals surface area contributed by atoms with E-state index < -0.39 is 5.97 Å². The Labute approximate surface area is 160 Å². The molecule has 5 nitrogen and oxygen atoms in total. The van der Waals surface area contributed by atoms with E-state index in [-0.39, 0.29) is 17.9 Å². The van der Waals surface area contributed by atoms with E-state index in [4.69, 9.17) is 9.84 Å². The van der Waals surface area contributed by atoms with Crippen molar-refractivity contribution < 1.29 is 19.4 Å². The zero-order valence-corrected chi connectivity index (χ0v) is 15.8. The minimum atomic E-state index is -0.981. The molecule has 1 N–H and O–H groups in total. The number of aromatic carboxylic acids is 1. The Hall–Kier alpha value is -2.66. The second kappa shape index (κ2) is 11.1. The van der Waals surface area contributed by atoms with E-state index in [2.05, 4.69) is 0 Å². The van der Waals surface area contributed by atoms with Crippen LogP contribution < -0.4 is 0 Å². The quantitative estimate of drug-likeness (QED) is 0.612. The number of benzene rings is 2. The third-order valence-corrected chi connectivity index (χ3v) is 4.20. The van der Waals surface area contributed by atoms with Crippen LogP contribution in [0.1, 0.15) is 41.3 Å². The maximum Gasteiger partial charge on any atom is 0.335 e. The molecule has 0 heterocycles. The van der Waals surface area contributed by atoms with E-state index in [1.807, 2.05) is 42.2 Å². The molecule has 144 valence electrons. The molecule has 0 spiro atoms. The molecule has 0 aliphatic heterocycles. The number of carboxylic acid groups (broad SMARTS) is 1. The van der Waals surface area contributed by atoms with Crippen LogP contribution in [0.25, 0.3) is 0 Å². The van der Waals surface area contributed by atoms with Crippen molar-refractivity contribution in [3.8, 4) is 0 Å². The average molecular weight is 369 g/mol. The first-order valence-electron chi connectivity index (χ1n) is 9.32. The lowest BCUT2D eigenvalue weighted by atomic mass is 10.1. The molecule has 27 heavy (non-hydrogen) atoms. The summed E-state index contributed by atoms with van der Waals surface area (Å²) in [5, 5.41) is 9.08. The number of amides is 1. The Morgan fingerprint density at radius 2 is 1.74 bits per heavy atom. The molecule has 0 aromatic heterocycles. The van der Waals surface area contributed by atoms with Crippen LogP contribution in [0.2, 0.25) is 0 Å². The van der Waals surface area contributed by atoms with Gasteiger partial charge in [0.15, 0.2) is 0 Å². The summed E-state index contributed by atoms with van der Waals surface area (Å²) in [7, 11) is 0. The van der Waals surface area contributed by atoms with Crippen LogP contribution in [0.15, 0.2) is 54.6 Å². The zero-order chi connectivity index (χ0) is 19.5. The lowest BCUT2D eigenvalue weighted by Gasteiger charge is -2.22. The first kappa shape index (κ1) is 20.6. The summed E-state index contributed by atoms with van der Waals surface area (Å²) >= 11 is 0. The fraction of sp³-hybridized carbons (Fsp3) is 0.364. The molecular formula is C22H27NO4. The molecular weight excluding hydrogens is 342 g/mol. The van der Waals surface area contributed by atoms with Crippen LogP contribution >= 0.6 is 0 Å². The molecule has 0 atom stereocenters. The van der Waals surface area contributed by atoms with Gasteiger partial charge in [0.2, 0.25) is 5.91 Å². The number of carbonyl (C=O) groups excluding carboxylic acids is 1. The Bertz CT molecular complexity index is 730. The van der Waals surface area contributed by atoms with Crippen molar-refractivity contribution in [1.82, 2.24) is 4.90 Å². The van der Waals surface area contributed by atoms with E-state index in [1.165, 1.54) is 6.07 Å².